The number of rotatable bonds is 2. The third-order valence-electron chi connectivity index (χ3n) is 5.25. The van der Waals surface area contributed by atoms with Crippen molar-refractivity contribution in [2.45, 2.75) is 12.8 Å². The molecule has 2 amide bonds. The van der Waals surface area contributed by atoms with Crippen LogP contribution in [0.5, 0.6) is 0 Å². The Kier molecular flexibility index (Phi) is 4.33. The zero-order valence-electron chi connectivity index (χ0n) is 14.8. The van der Waals surface area contributed by atoms with Gasteiger partial charge in [-0.1, -0.05) is 0 Å². The minimum Gasteiger partial charge on any atom is -0.369 e. The van der Waals surface area contributed by atoms with Crippen molar-refractivity contribution < 1.29 is 18.4 Å². The lowest BCUT2D eigenvalue weighted by Crippen LogP contribution is -2.41. The van der Waals surface area contributed by atoms with Crippen molar-refractivity contribution >= 4 is 33.6 Å². The number of amides is 2. The summed E-state index contributed by atoms with van der Waals surface area (Å²) in [7, 11) is 0. The molecule has 6 nitrogen and oxygen atoms in total. The average Bonchev–Trinajstić information content (AvgIpc) is 2.68. The number of halogens is 2. The predicted molar refractivity (Wildman–Crippen MR) is 99.8 cm³/mol. The summed E-state index contributed by atoms with van der Waals surface area (Å²) >= 11 is 0. The maximum Gasteiger partial charge on any atom is 0.256 e. The Morgan fingerprint density at radius 1 is 1.04 bits per heavy atom. The molecule has 4 rings (SSSR count). The summed E-state index contributed by atoms with van der Waals surface area (Å²) in [5, 5.41) is 0.0623. The van der Waals surface area contributed by atoms with Gasteiger partial charge in [0.25, 0.3) is 5.91 Å². The number of piperidine rings is 1. The van der Waals surface area contributed by atoms with Crippen molar-refractivity contribution in [2.24, 2.45) is 11.7 Å². The van der Waals surface area contributed by atoms with Gasteiger partial charge in [-0.05, 0) is 43.2 Å². The van der Waals surface area contributed by atoms with Crippen LogP contribution in [-0.4, -0.2) is 34.8 Å². The van der Waals surface area contributed by atoms with E-state index in [9.17, 15) is 23.2 Å². The molecule has 3 N–H and O–H groups in total. The highest BCUT2D eigenvalue weighted by Crippen LogP contribution is 2.24. The van der Waals surface area contributed by atoms with E-state index in [1.807, 2.05) is 0 Å². The largest absolute Gasteiger partial charge is 0.369 e. The minimum absolute atomic E-state index is 0.0199. The molecule has 144 valence electrons. The van der Waals surface area contributed by atoms with Crippen molar-refractivity contribution in [1.29, 1.82) is 0 Å². The quantitative estimate of drug-likeness (QED) is 0.663. The second kappa shape index (κ2) is 6.70. The Morgan fingerprint density at radius 2 is 1.71 bits per heavy atom. The molecule has 0 atom stereocenters. The molecule has 1 fully saturated rings. The maximum atomic E-state index is 14.2. The normalized spacial score (nSPS) is 15.3. The van der Waals surface area contributed by atoms with Crippen molar-refractivity contribution in [2.75, 3.05) is 13.1 Å². The standard InChI is InChI=1S/C20H17F2N3O3/c21-11-1-2-16-13(7-11)18(26)14-8-12(22)9-15(17(14)24-16)20(28)25-5-3-10(4-6-25)19(23)27/h1-2,7-10H,3-6H2,(H2,23,27)(H,24,26). The first-order valence-corrected chi connectivity index (χ1v) is 8.88. The van der Waals surface area contributed by atoms with Crippen molar-refractivity contribution in [3.8, 4) is 0 Å². The van der Waals surface area contributed by atoms with Gasteiger partial charge in [0.05, 0.1) is 11.1 Å². The topological polar surface area (TPSA) is 96.3 Å². The summed E-state index contributed by atoms with van der Waals surface area (Å²) in [6.07, 6.45) is 0.875. The molecule has 0 spiro atoms. The lowest BCUT2D eigenvalue weighted by molar-refractivity contribution is -0.123. The van der Waals surface area contributed by atoms with E-state index >= 15 is 0 Å². The van der Waals surface area contributed by atoms with E-state index < -0.39 is 28.9 Å². The van der Waals surface area contributed by atoms with Crippen LogP contribution in [0, 0.1) is 17.6 Å². The van der Waals surface area contributed by atoms with Crippen LogP contribution in [0.25, 0.3) is 21.8 Å². The number of carbonyl (C=O) groups excluding carboxylic acids is 2. The number of hydrogen-bond acceptors (Lipinski definition) is 3. The highest BCUT2D eigenvalue weighted by molar-refractivity contribution is 6.07. The van der Waals surface area contributed by atoms with E-state index in [1.54, 1.807) is 0 Å². The molecule has 0 radical (unpaired) electrons. The van der Waals surface area contributed by atoms with Crippen LogP contribution in [-0.2, 0) is 4.79 Å². The van der Waals surface area contributed by atoms with E-state index in [0.29, 0.717) is 31.4 Å². The summed E-state index contributed by atoms with van der Waals surface area (Å²) < 4.78 is 27.7. The van der Waals surface area contributed by atoms with Gasteiger partial charge >= 0.3 is 0 Å². The van der Waals surface area contributed by atoms with Gasteiger partial charge in [-0.3, -0.25) is 14.4 Å². The molecule has 8 heteroatoms. The van der Waals surface area contributed by atoms with Gasteiger partial charge in [0, 0.05) is 35.3 Å². The fourth-order valence-electron chi connectivity index (χ4n) is 3.72. The molecule has 0 saturated carbocycles. The minimum atomic E-state index is -0.732. The molecule has 28 heavy (non-hydrogen) atoms. The summed E-state index contributed by atoms with van der Waals surface area (Å²) in [4.78, 5) is 41.5. The fourth-order valence-corrected chi connectivity index (χ4v) is 3.72. The number of nitrogens with two attached hydrogens (primary N) is 1. The number of benzene rings is 2. The van der Waals surface area contributed by atoms with Crippen molar-refractivity contribution in [3.63, 3.8) is 0 Å². The first kappa shape index (κ1) is 18.1. The molecule has 0 bridgehead atoms. The molecular weight excluding hydrogens is 368 g/mol. The summed E-state index contributed by atoms with van der Waals surface area (Å²) in [6, 6.07) is 5.80. The maximum absolute atomic E-state index is 14.2. The SMILES string of the molecule is NC(=O)C1CCN(C(=O)c2cc(F)cc3c(=O)c4cc(F)ccc4[nH]c23)CC1. The van der Waals surface area contributed by atoms with Crippen LogP contribution in [0.2, 0.25) is 0 Å². The van der Waals surface area contributed by atoms with Crippen LogP contribution < -0.4 is 11.2 Å². The lowest BCUT2D eigenvalue weighted by Gasteiger charge is -2.30. The van der Waals surface area contributed by atoms with Gasteiger partial charge in [0.1, 0.15) is 11.6 Å². The van der Waals surface area contributed by atoms with Crippen LogP contribution in [0.15, 0.2) is 35.1 Å². The number of carbonyl (C=O) groups is 2. The van der Waals surface area contributed by atoms with Gasteiger partial charge in [0.15, 0.2) is 5.43 Å². The van der Waals surface area contributed by atoms with Gasteiger partial charge in [-0.25, -0.2) is 8.78 Å². The number of fused-ring (bicyclic) bond motifs is 2. The third-order valence-corrected chi connectivity index (χ3v) is 5.25. The summed E-state index contributed by atoms with van der Waals surface area (Å²) in [5.74, 6) is -2.44. The zero-order chi connectivity index (χ0) is 20.0. The highest BCUT2D eigenvalue weighted by Gasteiger charge is 2.28. The number of H-pyrrole nitrogens is 1. The van der Waals surface area contributed by atoms with Gasteiger partial charge < -0.3 is 15.6 Å². The number of nitrogens with zero attached hydrogens (tertiary/aromatic N) is 1. The van der Waals surface area contributed by atoms with Crippen molar-refractivity contribution in [3.05, 3.63) is 57.8 Å². The Morgan fingerprint density at radius 3 is 2.39 bits per heavy atom. The number of likely N-dealkylation sites (tertiary alicyclic amines) is 1. The lowest BCUT2D eigenvalue weighted by atomic mass is 9.95. The number of aromatic amines is 1. The second-order valence-electron chi connectivity index (χ2n) is 6.99. The van der Waals surface area contributed by atoms with E-state index in [2.05, 4.69) is 4.98 Å². The van der Waals surface area contributed by atoms with E-state index in [1.165, 1.54) is 17.0 Å². The van der Waals surface area contributed by atoms with E-state index in [-0.39, 0.29) is 27.8 Å². The summed E-state index contributed by atoms with van der Waals surface area (Å²) in [5.41, 5.74) is 5.34. The summed E-state index contributed by atoms with van der Waals surface area (Å²) in [6.45, 7) is 0.626. The molecule has 2 aromatic carbocycles. The molecule has 1 aliphatic heterocycles. The van der Waals surface area contributed by atoms with Crippen LogP contribution in [0.3, 0.4) is 0 Å². The number of hydrogen-bond donors (Lipinski definition) is 2. The monoisotopic (exact) mass is 385 g/mol. The second-order valence-corrected chi connectivity index (χ2v) is 6.99. The molecule has 3 aromatic rings. The smallest absolute Gasteiger partial charge is 0.256 e. The first-order valence-electron chi connectivity index (χ1n) is 8.88. The van der Waals surface area contributed by atoms with Gasteiger partial charge in [-0.2, -0.15) is 0 Å². The first-order chi connectivity index (χ1) is 13.3. The van der Waals surface area contributed by atoms with Crippen LogP contribution >= 0.6 is 0 Å². The molecule has 1 saturated heterocycles. The van der Waals surface area contributed by atoms with E-state index in [0.717, 1.165) is 18.2 Å². The van der Waals surface area contributed by atoms with Crippen molar-refractivity contribution in [1.82, 2.24) is 9.88 Å². The molecule has 1 aliphatic rings. The molecule has 0 unspecified atom stereocenters. The number of nitrogens with one attached hydrogen (secondary N) is 1. The number of pyridine rings is 1. The Labute approximate surface area is 157 Å². The molecule has 0 aliphatic carbocycles. The molecule has 2 heterocycles. The number of primary amides is 1. The van der Waals surface area contributed by atoms with E-state index in [4.69, 9.17) is 5.73 Å². The van der Waals surface area contributed by atoms with Gasteiger partial charge in [-0.15, -0.1) is 0 Å². The van der Waals surface area contributed by atoms with Gasteiger partial charge in [0.2, 0.25) is 5.91 Å². The average molecular weight is 385 g/mol. The third kappa shape index (κ3) is 3.00. The zero-order valence-corrected chi connectivity index (χ0v) is 14.8. The fraction of sp³-hybridized carbons (Fsp3) is 0.250. The molecule has 1 aromatic heterocycles. The number of aromatic nitrogens is 1. The molecular formula is C20H17F2N3O3. The Bertz CT molecular complexity index is 1180. The Balaban J connectivity index is 1.82. The highest BCUT2D eigenvalue weighted by atomic mass is 19.1. The van der Waals surface area contributed by atoms with Crippen LogP contribution in [0.1, 0.15) is 23.2 Å². The predicted octanol–water partition coefficient (Wildman–Crippen LogP) is 2.30. The van der Waals surface area contributed by atoms with Crippen LogP contribution in [0.4, 0.5) is 8.78 Å². The Hall–Kier alpha value is -3.29.